The van der Waals surface area contributed by atoms with E-state index in [1.54, 1.807) is 0 Å². The van der Waals surface area contributed by atoms with Crippen LogP contribution in [0.25, 0.3) is 0 Å². The van der Waals surface area contributed by atoms with Crippen LogP contribution < -0.4 is 39.1 Å². The van der Waals surface area contributed by atoms with Gasteiger partial charge in [0.1, 0.15) is 0 Å². The first kappa shape index (κ1) is 21.0. The fourth-order valence-electron chi connectivity index (χ4n) is 2.15. The van der Waals surface area contributed by atoms with Crippen LogP contribution in [0.1, 0.15) is 52.7 Å². The number of benzene rings is 1. The Morgan fingerprint density at radius 3 is 1.57 bits per heavy atom. The predicted octanol–water partition coefficient (Wildman–Crippen LogP) is 1.57. The Kier molecular flexibility index (Phi) is 6.66. The van der Waals surface area contributed by atoms with E-state index in [1.165, 1.54) is 0 Å². The largest absolute Gasteiger partial charge is 1.00 e. The minimum absolute atomic E-state index is 0. The maximum Gasteiger partial charge on any atom is 1.00 e. The standard InChI is InChI=1S/C17H30O2Si.Na/c1-16(2,3)12-10-11-13(17(4,5)6)15(14(12)18)19-20(7,8)9;/h10-11,18H,1-9H3;/q;+1/p-1. The zero-order valence-electron chi connectivity index (χ0n) is 15.5. The Balaban J connectivity index is 0.00000400. The fraction of sp³-hybridized carbons (Fsp3) is 0.647. The molecule has 0 saturated carbocycles. The normalized spacial score (nSPS) is 12.8. The van der Waals surface area contributed by atoms with Crippen molar-refractivity contribution in [3.63, 3.8) is 0 Å². The summed E-state index contributed by atoms with van der Waals surface area (Å²) in [4.78, 5) is 0. The molecule has 0 unspecified atom stereocenters. The number of hydrogen-bond acceptors (Lipinski definition) is 2. The monoisotopic (exact) mass is 316 g/mol. The van der Waals surface area contributed by atoms with Crippen molar-refractivity contribution in [1.29, 1.82) is 0 Å². The molecular formula is C17H29NaO2Si. The Bertz CT molecular complexity index is 491. The summed E-state index contributed by atoms with van der Waals surface area (Å²) in [6.45, 7) is 18.9. The van der Waals surface area contributed by atoms with Gasteiger partial charge in [-0.2, -0.15) is 0 Å². The van der Waals surface area contributed by atoms with Crippen molar-refractivity contribution in [2.45, 2.75) is 72.0 Å². The van der Waals surface area contributed by atoms with E-state index in [-0.39, 0.29) is 46.1 Å². The second-order valence-corrected chi connectivity index (χ2v) is 13.0. The molecule has 1 rings (SSSR count). The van der Waals surface area contributed by atoms with Gasteiger partial charge in [0.15, 0.2) is 0 Å². The van der Waals surface area contributed by atoms with Crippen LogP contribution in [-0.4, -0.2) is 8.32 Å². The molecule has 0 aromatic heterocycles. The van der Waals surface area contributed by atoms with E-state index in [1.807, 2.05) is 6.07 Å². The second kappa shape index (κ2) is 6.65. The van der Waals surface area contributed by atoms with E-state index in [9.17, 15) is 5.11 Å². The molecule has 0 fully saturated rings. The van der Waals surface area contributed by atoms with Crippen molar-refractivity contribution >= 4 is 8.32 Å². The molecular weight excluding hydrogens is 287 g/mol. The van der Waals surface area contributed by atoms with Crippen LogP contribution in [0.4, 0.5) is 0 Å². The molecule has 0 saturated heterocycles. The van der Waals surface area contributed by atoms with Crippen LogP contribution in [0.15, 0.2) is 12.1 Å². The van der Waals surface area contributed by atoms with Gasteiger partial charge in [-0.25, -0.2) is 0 Å². The molecule has 0 spiro atoms. The quantitative estimate of drug-likeness (QED) is 0.776. The number of hydrogen-bond donors (Lipinski definition) is 0. The third-order valence-corrected chi connectivity index (χ3v) is 3.95. The summed E-state index contributed by atoms with van der Waals surface area (Å²) < 4.78 is 6.15. The van der Waals surface area contributed by atoms with Crippen LogP contribution >= 0.6 is 0 Å². The van der Waals surface area contributed by atoms with Gasteiger partial charge in [-0.3, -0.25) is 0 Å². The van der Waals surface area contributed by atoms with Crippen molar-refractivity contribution in [2.24, 2.45) is 0 Å². The summed E-state index contributed by atoms with van der Waals surface area (Å²) >= 11 is 0. The first-order chi connectivity index (χ1) is 8.73. The second-order valence-electron chi connectivity index (χ2n) is 8.53. The van der Waals surface area contributed by atoms with Crippen LogP contribution in [0.5, 0.6) is 11.5 Å². The van der Waals surface area contributed by atoms with Crippen LogP contribution in [0.2, 0.25) is 19.6 Å². The molecule has 0 aliphatic heterocycles. The van der Waals surface area contributed by atoms with Gasteiger partial charge < -0.3 is 9.53 Å². The van der Waals surface area contributed by atoms with E-state index in [0.717, 1.165) is 11.1 Å². The van der Waals surface area contributed by atoms with Gasteiger partial charge in [0.05, 0.1) is 5.75 Å². The van der Waals surface area contributed by atoms with Gasteiger partial charge in [-0.1, -0.05) is 59.4 Å². The summed E-state index contributed by atoms with van der Waals surface area (Å²) in [7, 11) is -1.82. The molecule has 0 aliphatic carbocycles. The van der Waals surface area contributed by atoms with E-state index in [0.29, 0.717) is 5.75 Å². The molecule has 0 atom stereocenters. The first-order valence-corrected chi connectivity index (χ1v) is 10.7. The molecule has 4 heteroatoms. The maximum atomic E-state index is 12.9. The molecule has 1 aromatic carbocycles. The van der Waals surface area contributed by atoms with Gasteiger partial charge in [0.25, 0.3) is 0 Å². The maximum absolute atomic E-state index is 12.9. The topological polar surface area (TPSA) is 32.3 Å². The van der Waals surface area contributed by atoms with Crippen molar-refractivity contribution < 1.29 is 39.1 Å². The van der Waals surface area contributed by atoms with Crippen LogP contribution in [0, 0.1) is 0 Å². The van der Waals surface area contributed by atoms with Crippen molar-refractivity contribution in [3.8, 4) is 11.5 Å². The summed E-state index contributed by atoms with van der Waals surface area (Å²) in [6.07, 6.45) is 0. The average molecular weight is 316 g/mol. The van der Waals surface area contributed by atoms with Gasteiger partial charge >= 0.3 is 29.6 Å². The molecule has 0 aliphatic rings. The van der Waals surface area contributed by atoms with Crippen molar-refractivity contribution in [2.75, 3.05) is 0 Å². The Morgan fingerprint density at radius 1 is 0.857 bits per heavy atom. The van der Waals surface area contributed by atoms with Crippen molar-refractivity contribution in [1.82, 2.24) is 0 Å². The smallest absolute Gasteiger partial charge is 0.870 e. The molecule has 1 aromatic rings. The molecule has 114 valence electrons. The Labute approximate surface area is 153 Å². The fourth-order valence-corrected chi connectivity index (χ4v) is 2.97. The number of rotatable bonds is 2. The third kappa shape index (κ3) is 5.63. The van der Waals surface area contributed by atoms with E-state index < -0.39 is 8.32 Å². The Hall–Kier alpha value is 0.0369. The average Bonchev–Trinajstić information content (AvgIpc) is 2.15. The molecule has 0 heterocycles. The SMILES string of the molecule is CC(C)(C)c1ccc(C(C)(C)C)c(O[Si](C)(C)C)c1[O-].[Na+]. The molecule has 2 nitrogen and oxygen atoms in total. The van der Waals surface area contributed by atoms with Gasteiger partial charge in [0, 0.05) is 0 Å². The third-order valence-electron chi connectivity index (χ3n) is 3.14. The zero-order chi connectivity index (χ0) is 15.9. The minimum Gasteiger partial charge on any atom is -0.870 e. The summed E-state index contributed by atoms with van der Waals surface area (Å²) in [6, 6.07) is 4.04. The zero-order valence-corrected chi connectivity index (χ0v) is 18.5. The minimum atomic E-state index is -1.82. The Morgan fingerprint density at radius 2 is 1.24 bits per heavy atom. The molecule has 21 heavy (non-hydrogen) atoms. The summed E-state index contributed by atoms with van der Waals surface area (Å²) in [5.74, 6) is 0.636. The van der Waals surface area contributed by atoms with Crippen molar-refractivity contribution in [3.05, 3.63) is 23.3 Å². The van der Waals surface area contributed by atoms with E-state index >= 15 is 0 Å². The van der Waals surface area contributed by atoms with Crippen LogP contribution in [0.3, 0.4) is 0 Å². The van der Waals surface area contributed by atoms with E-state index in [2.05, 4.69) is 67.2 Å². The summed E-state index contributed by atoms with van der Waals surface area (Å²) in [5.41, 5.74) is 1.59. The molecule has 0 radical (unpaired) electrons. The van der Waals surface area contributed by atoms with E-state index in [4.69, 9.17) is 4.43 Å². The predicted molar refractivity (Wildman–Crippen MR) is 87.3 cm³/mol. The van der Waals surface area contributed by atoms with Gasteiger partial charge in [0.2, 0.25) is 8.32 Å². The first-order valence-electron chi connectivity index (χ1n) is 7.27. The molecule has 0 N–H and O–H groups in total. The van der Waals surface area contributed by atoms with Gasteiger partial charge in [-0.15, -0.1) is 0 Å². The van der Waals surface area contributed by atoms with Crippen LogP contribution in [-0.2, 0) is 10.8 Å². The summed E-state index contributed by atoms with van der Waals surface area (Å²) in [5, 5.41) is 12.9. The molecule has 0 bridgehead atoms. The van der Waals surface area contributed by atoms with Gasteiger partial charge in [-0.05, 0) is 41.6 Å². The molecule has 0 amide bonds.